The van der Waals surface area contributed by atoms with Gasteiger partial charge in [-0.15, -0.1) is 0 Å². The van der Waals surface area contributed by atoms with E-state index >= 15 is 0 Å². The molecule has 6 heteroatoms. The van der Waals surface area contributed by atoms with Gasteiger partial charge < -0.3 is 9.63 Å². The Morgan fingerprint density at radius 3 is 2.23 bits per heavy atom. The van der Waals surface area contributed by atoms with Crippen LogP contribution in [0, 0.1) is 6.92 Å². The van der Waals surface area contributed by atoms with Crippen molar-refractivity contribution in [3.8, 4) is 0 Å². The zero-order chi connectivity index (χ0) is 22.3. The molecule has 1 atom stereocenters. The third-order valence-corrected chi connectivity index (χ3v) is 5.45. The van der Waals surface area contributed by atoms with E-state index in [4.69, 9.17) is 4.52 Å². The van der Waals surface area contributed by atoms with Gasteiger partial charge in [0.05, 0.1) is 11.6 Å². The molecular weight excluding hydrogens is 392 g/mol. The summed E-state index contributed by atoms with van der Waals surface area (Å²) in [6.45, 7) is 8.05. The number of rotatable bonds is 3. The van der Waals surface area contributed by atoms with Gasteiger partial charge in [0.2, 0.25) is 0 Å². The van der Waals surface area contributed by atoms with Crippen molar-refractivity contribution in [1.29, 1.82) is 0 Å². The Morgan fingerprint density at radius 2 is 1.68 bits per heavy atom. The number of nitrogens with zero attached hydrogens (tertiary/aromatic N) is 2. The quantitative estimate of drug-likeness (QED) is 0.373. The lowest BCUT2D eigenvalue weighted by Crippen LogP contribution is -2.29. The maximum Gasteiger partial charge on any atom is 0.301 e. The van der Waals surface area contributed by atoms with Crippen LogP contribution in [0.25, 0.3) is 5.76 Å². The van der Waals surface area contributed by atoms with Gasteiger partial charge in [0.1, 0.15) is 11.5 Å². The first kappa shape index (κ1) is 20.6. The number of aromatic nitrogens is 1. The van der Waals surface area contributed by atoms with Crippen LogP contribution in [0.4, 0.5) is 5.82 Å². The molecule has 1 aromatic heterocycles. The van der Waals surface area contributed by atoms with Crippen molar-refractivity contribution in [1.82, 2.24) is 5.16 Å². The van der Waals surface area contributed by atoms with Crippen LogP contribution >= 0.6 is 0 Å². The molecule has 2 aromatic carbocycles. The van der Waals surface area contributed by atoms with E-state index in [0.717, 1.165) is 5.56 Å². The molecule has 1 N–H and O–H groups in total. The molecular formula is C25H24N2O4. The van der Waals surface area contributed by atoms with Gasteiger partial charge in [-0.25, -0.2) is 0 Å². The SMILES string of the molecule is Cc1cc(N2C(=O)C(=O)C(=C(O)c3ccccc3)[C@H]2c2ccc(C(C)(C)C)cc2)no1. The fourth-order valence-corrected chi connectivity index (χ4v) is 3.77. The van der Waals surface area contributed by atoms with Crippen LogP contribution in [-0.4, -0.2) is 22.0 Å². The van der Waals surface area contributed by atoms with Gasteiger partial charge >= 0.3 is 5.91 Å². The van der Waals surface area contributed by atoms with Crippen LogP contribution in [0.2, 0.25) is 0 Å². The van der Waals surface area contributed by atoms with Crippen LogP contribution in [0.15, 0.2) is 70.8 Å². The highest BCUT2D eigenvalue weighted by Gasteiger charge is 2.48. The highest BCUT2D eigenvalue weighted by molar-refractivity contribution is 6.51. The smallest absolute Gasteiger partial charge is 0.301 e. The van der Waals surface area contributed by atoms with Gasteiger partial charge in [-0.1, -0.05) is 80.5 Å². The molecule has 0 bridgehead atoms. The molecule has 0 aliphatic carbocycles. The molecule has 1 amide bonds. The van der Waals surface area contributed by atoms with E-state index in [2.05, 4.69) is 25.9 Å². The van der Waals surface area contributed by atoms with E-state index in [9.17, 15) is 14.7 Å². The van der Waals surface area contributed by atoms with E-state index < -0.39 is 17.7 Å². The summed E-state index contributed by atoms with van der Waals surface area (Å²) in [6.07, 6.45) is 0. The number of aryl methyl sites for hydroxylation is 1. The third kappa shape index (κ3) is 3.65. The minimum Gasteiger partial charge on any atom is -0.507 e. The molecule has 158 valence electrons. The number of aliphatic hydroxyl groups is 1. The van der Waals surface area contributed by atoms with Crippen molar-refractivity contribution in [2.45, 2.75) is 39.2 Å². The predicted octanol–water partition coefficient (Wildman–Crippen LogP) is 4.91. The number of benzene rings is 2. The molecule has 1 aliphatic heterocycles. The number of hydrogen-bond acceptors (Lipinski definition) is 5. The summed E-state index contributed by atoms with van der Waals surface area (Å²) in [4.78, 5) is 27.4. The number of Topliss-reactive ketones (excluding diaryl/α,β-unsaturated/α-hetero) is 1. The molecule has 6 nitrogen and oxygen atoms in total. The lowest BCUT2D eigenvalue weighted by molar-refractivity contribution is -0.132. The molecule has 4 rings (SSSR count). The topological polar surface area (TPSA) is 83.6 Å². The van der Waals surface area contributed by atoms with Crippen LogP contribution < -0.4 is 4.90 Å². The minimum absolute atomic E-state index is 0.0281. The van der Waals surface area contributed by atoms with Crippen molar-refractivity contribution < 1.29 is 19.2 Å². The lowest BCUT2D eigenvalue weighted by Gasteiger charge is -2.24. The first-order valence-corrected chi connectivity index (χ1v) is 10.1. The second kappa shape index (κ2) is 7.54. The summed E-state index contributed by atoms with van der Waals surface area (Å²) >= 11 is 0. The maximum atomic E-state index is 13.1. The molecule has 0 radical (unpaired) electrons. The van der Waals surface area contributed by atoms with Gasteiger partial charge in [0.15, 0.2) is 5.82 Å². The number of hydrogen-bond donors (Lipinski definition) is 1. The van der Waals surface area contributed by atoms with E-state index in [0.29, 0.717) is 16.9 Å². The Hall–Kier alpha value is -3.67. The fourth-order valence-electron chi connectivity index (χ4n) is 3.77. The van der Waals surface area contributed by atoms with Crippen molar-refractivity contribution >= 4 is 23.3 Å². The summed E-state index contributed by atoms with van der Waals surface area (Å²) in [5.74, 6) is -0.979. The number of carbonyl (C=O) groups excluding carboxylic acids is 2. The molecule has 2 heterocycles. The number of anilines is 1. The lowest BCUT2D eigenvalue weighted by atomic mass is 9.85. The Kier molecular flexibility index (Phi) is 5.01. The molecule has 1 aliphatic rings. The average molecular weight is 416 g/mol. The van der Waals surface area contributed by atoms with E-state index in [-0.39, 0.29) is 22.6 Å². The molecule has 31 heavy (non-hydrogen) atoms. The number of amides is 1. The van der Waals surface area contributed by atoms with Gasteiger partial charge in [-0.2, -0.15) is 0 Å². The zero-order valence-corrected chi connectivity index (χ0v) is 17.9. The van der Waals surface area contributed by atoms with Gasteiger partial charge in [0.25, 0.3) is 5.78 Å². The number of ketones is 1. The largest absolute Gasteiger partial charge is 0.507 e. The zero-order valence-electron chi connectivity index (χ0n) is 17.9. The Morgan fingerprint density at radius 1 is 1.03 bits per heavy atom. The maximum absolute atomic E-state index is 13.1. The highest BCUT2D eigenvalue weighted by atomic mass is 16.5. The summed E-state index contributed by atoms with van der Waals surface area (Å²) in [5, 5.41) is 15.0. The van der Waals surface area contributed by atoms with Crippen LogP contribution in [0.1, 0.15) is 49.3 Å². The Labute approximate surface area is 180 Å². The van der Waals surface area contributed by atoms with Gasteiger partial charge in [-0.3, -0.25) is 14.5 Å². The molecule has 1 saturated heterocycles. The van der Waals surface area contributed by atoms with E-state index in [1.54, 1.807) is 37.3 Å². The minimum atomic E-state index is -0.821. The van der Waals surface area contributed by atoms with Crippen molar-refractivity contribution in [3.63, 3.8) is 0 Å². The standard InChI is InChI=1S/C25H24N2O4/c1-15-14-19(26-31-15)27-21(16-10-12-18(13-11-16)25(2,3)4)20(23(29)24(27)30)22(28)17-8-6-5-7-9-17/h5-14,21,28H,1-4H3/t21-/m1/s1. The molecule has 0 unspecified atom stereocenters. The van der Waals surface area contributed by atoms with E-state index in [1.165, 1.54) is 4.90 Å². The molecule has 1 fully saturated rings. The second-order valence-electron chi connectivity index (χ2n) is 8.70. The number of aliphatic hydroxyl groups excluding tert-OH is 1. The van der Waals surface area contributed by atoms with Crippen molar-refractivity contribution in [2.75, 3.05) is 4.90 Å². The predicted molar refractivity (Wildman–Crippen MR) is 118 cm³/mol. The average Bonchev–Trinajstić information content (AvgIpc) is 3.28. The first-order valence-electron chi connectivity index (χ1n) is 10.1. The molecule has 0 spiro atoms. The highest BCUT2D eigenvalue weighted by Crippen LogP contribution is 2.42. The summed E-state index contributed by atoms with van der Waals surface area (Å²) in [7, 11) is 0. The van der Waals surface area contributed by atoms with Crippen molar-refractivity contribution in [2.24, 2.45) is 0 Å². The van der Waals surface area contributed by atoms with Crippen molar-refractivity contribution in [3.05, 3.63) is 88.7 Å². The van der Waals surface area contributed by atoms with Gasteiger partial charge in [-0.05, 0) is 23.5 Å². The Balaban J connectivity index is 1.91. The monoisotopic (exact) mass is 416 g/mol. The second-order valence-corrected chi connectivity index (χ2v) is 8.70. The fraction of sp³-hybridized carbons (Fsp3) is 0.240. The first-order chi connectivity index (χ1) is 14.7. The van der Waals surface area contributed by atoms with Crippen LogP contribution in [0.5, 0.6) is 0 Å². The van der Waals surface area contributed by atoms with Crippen LogP contribution in [-0.2, 0) is 15.0 Å². The Bertz CT molecular complexity index is 1170. The normalized spacial score (nSPS) is 18.6. The summed E-state index contributed by atoms with van der Waals surface area (Å²) in [5.41, 5.74) is 2.26. The van der Waals surface area contributed by atoms with Gasteiger partial charge in [0, 0.05) is 11.6 Å². The molecule has 0 saturated carbocycles. The number of carbonyl (C=O) groups is 2. The molecule has 3 aromatic rings. The summed E-state index contributed by atoms with van der Waals surface area (Å²) in [6, 6.07) is 17.2. The summed E-state index contributed by atoms with van der Waals surface area (Å²) < 4.78 is 5.16. The third-order valence-electron chi connectivity index (χ3n) is 5.45. The van der Waals surface area contributed by atoms with Crippen LogP contribution in [0.3, 0.4) is 0 Å². The van der Waals surface area contributed by atoms with E-state index in [1.807, 2.05) is 30.3 Å².